The molecule has 0 bridgehead atoms. The van der Waals surface area contributed by atoms with Crippen LogP contribution >= 0.6 is 0 Å². The third-order valence-corrected chi connectivity index (χ3v) is 5.31. The van der Waals surface area contributed by atoms with Gasteiger partial charge < -0.3 is 20.1 Å². The van der Waals surface area contributed by atoms with Crippen LogP contribution in [0.3, 0.4) is 0 Å². The van der Waals surface area contributed by atoms with Gasteiger partial charge in [0.15, 0.2) is 11.4 Å². The molecule has 1 aliphatic rings. The second-order valence-corrected chi connectivity index (χ2v) is 8.70. The van der Waals surface area contributed by atoms with Crippen LogP contribution in [0.5, 0.6) is 0 Å². The predicted molar refractivity (Wildman–Crippen MR) is 117 cm³/mol. The average molecular weight is 393 g/mol. The molecule has 1 fully saturated rings. The molecule has 3 aromatic rings. The molecule has 2 N–H and O–H groups in total. The number of nitrogens with one attached hydrogen (secondary N) is 2. The molecule has 1 aliphatic heterocycles. The monoisotopic (exact) mass is 392 g/mol. The number of hydrogen-bond acceptors (Lipinski definition) is 6. The molecule has 1 aromatic carbocycles. The largest absolute Gasteiger partial charge is 0.369 e. The first-order valence-electron chi connectivity index (χ1n) is 10.0. The molecule has 7 heteroatoms. The maximum absolute atomic E-state index is 12.7. The highest BCUT2D eigenvalue weighted by molar-refractivity contribution is 6.08. The molecule has 0 spiro atoms. The van der Waals surface area contributed by atoms with Crippen molar-refractivity contribution in [3.8, 4) is 0 Å². The zero-order chi connectivity index (χ0) is 20.6. The van der Waals surface area contributed by atoms with Crippen molar-refractivity contribution in [1.29, 1.82) is 0 Å². The van der Waals surface area contributed by atoms with Crippen molar-refractivity contribution in [3.63, 3.8) is 0 Å². The highest BCUT2D eigenvalue weighted by atomic mass is 16.1. The molecule has 0 aliphatic carbocycles. The van der Waals surface area contributed by atoms with Gasteiger partial charge in [0.05, 0.1) is 11.8 Å². The number of likely N-dealkylation sites (N-methyl/N-ethyl adjacent to an activating group) is 1. The van der Waals surface area contributed by atoms with E-state index in [2.05, 4.69) is 61.4 Å². The number of aromatic nitrogens is 3. The number of carbonyl (C=O) groups excluding carboxylic acids is 1. The number of ketones is 1. The van der Waals surface area contributed by atoms with Crippen LogP contribution in [0.4, 0.5) is 17.2 Å². The number of aromatic amines is 1. The van der Waals surface area contributed by atoms with Gasteiger partial charge in [0.2, 0.25) is 0 Å². The normalized spacial score (nSPS) is 15.7. The van der Waals surface area contributed by atoms with E-state index < -0.39 is 5.41 Å². The summed E-state index contributed by atoms with van der Waals surface area (Å²) in [5.74, 6) is 0.666. The number of anilines is 3. The third kappa shape index (κ3) is 4.10. The number of H-pyrrole nitrogens is 1. The molecular formula is C22H28N6O. The lowest BCUT2D eigenvalue weighted by atomic mass is 9.87. The van der Waals surface area contributed by atoms with E-state index in [0.717, 1.165) is 31.9 Å². The molecule has 4 rings (SSSR count). The lowest BCUT2D eigenvalue weighted by Crippen LogP contribution is -2.44. The highest BCUT2D eigenvalue weighted by Crippen LogP contribution is 2.27. The van der Waals surface area contributed by atoms with Crippen LogP contribution in [-0.4, -0.2) is 58.9 Å². The summed E-state index contributed by atoms with van der Waals surface area (Å²) < 4.78 is 0. The second-order valence-electron chi connectivity index (χ2n) is 8.70. The lowest BCUT2D eigenvalue weighted by molar-refractivity contribution is 0.0860. The Balaban J connectivity index is 1.53. The maximum atomic E-state index is 12.7. The Kier molecular flexibility index (Phi) is 5.00. The molecule has 0 amide bonds. The van der Waals surface area contributed by atoms with E-state index in [1.165, 1.54) is 5.69 Å². The predicted octanol–water partition coefficient (Wildman–Crippen LogP) is 3.68. The molecule has 7 nitrogen and oxygen atoms in total. The Bertz CT molecular complexity index is 1010. The van der Waals surface area contributed by atoms with Crippen LogP contribution in [0.1, 0.15) is 31.1 Å². The number of rotatable bonds is 4. The van der Waals surface area contributed by atoms with Crippen LogP contribution in [0, 0.1) is 5.41 Å². The van der Waals surface area contributed by atoms with Gasteiger partial charge in [-0.3, -0.25) is 4.79 Å². The quantitative estimate of drug-likeness (QED) is 0.660. The first-order chi connectivity index (χ1) is 13.8. The van der Waals surface area contributed by atoms with Gasteiger partial charge in [0.1, 0.15) is 11.3 Å². The van der Waals surface area contributed by atoms with Crippen molar-refractivity contribution in [2.45, 2.75) is 20.8 Å². The van der Waals surface area contributed by atoms with Gasteiger partial charge >= 0.3 is 0 Å². The first kappa shape index (κ1) is 19.4. The van der Waals surface area contributed by atoms with Crippen molar-refractivity contribution >= 4 is 34.1 Å². The summed E-state index contributed by atoms with van der Waals surface area (Å²) in [5, 5.41) is 3.30. The Morgan fingerprint density at radius 2 is 1.79 bits per heavy atom. The van der Waals surface area contributed by atoms with Crippen molar-refractivity contribution in [2.75, 3.05) is 43.4 Å². The van der Waals surface area contributed by atoms with Crippen molar-refractivity contribution in [1.82, 2.24) is 19.9 Å². The van der Waals surface area contributed by atoms with Gasteiger partial charge in [-0.05, 0) is 31.3 Å². The fourth-order valence-corrected chi connectivity index (χ4v) is 3.50. The van der Waals surface area contributed by atoms with Gasteiger partial charge in [0.25, 0.3) is 0 Å². The average Bonchev–Trinajstić information content (AvgIpc) is 3.11. The van der Waals surface area contributed by atoms with Crippen molar-refractivity contribution in [2.24, 2.45) is 5.41 Å². The Labute approximate surface area is 171 Å². The summed E-state index contributed by atoms with van der Waals surface area (Å²) in [5.41, 5.74) is 3.50. The molecule has 0 atom stereocenters. The van der Waals surface area contributed by atoms with Crippen molar-refractivity contribution < 1.29 is 4.79 Å². The van der Waals surface area contributed by atoms with E-state index in [0.29, 0.717) is 22.5 Å². The minimum absolute atomic E-state index is 0.0479. The van der Waals surface area contributed by atoms with Crippen LogP contribution in [0.15, 0.2) is 36.7 Å². The molecule has 3 heterocycles. The summed E-state index contributed by atoms with van der Waals surface area (Å²) in [7, 11) is 2.16. The number of hydrogen-bond donors (Lipinski definition) is 2. The molecule has 0 radical (unpaired) electrons. The van der Waals surface area contributed by atoms with Crippen molar-refractivity contribution in [3.05, 3.63) is 42.2 Å². The smallest absolute Gasteiger partial charge is 0.171 e. The molecule has 2 aromatic heterocycles. The van der Waals surface area contributed by atoms with Crippen LogP contribution in [0.2, 0.25) is 0 Å². The number of Topliss-reactive ketones (excluding diaryl/α,β-unsaturated/α-hetero) is 1. The summed E-state index contributed by atoms with van der Waals surface area (Å²) in [6.07, 6.45) is 3.38. The maximum Gasteiger partial charge on any atom is 0.171 e. The van der Waals surface area contributed by atoms with E-state index in [-0.39, 0.29) is 5.78 Å². The summed E-state index contributed by atoms with van der Waals surface area (Å²) in [6, 6.07) is 8.37. The summed E-state index contributed by atoms with van der Waals surface area (Å²) in [4.78, 5) is 29.6. The lowest BCUT2D eigenvalue weighted by Gasteiger charge is -2.34. The first-order valence-corrected chi connectivity index (χ1v) is 10.0. The van der Waals surface area contributed by atoms with Crippen LogP contribution < -0.4 is 10.2 Å². The third-order valence-electron chi connectivity index (χ3n) is 5.31. The summed E-state index contributed by atoms with van der Waals surface area (Å²) in [6.45, 7) is 9.99. The van der Waals surface area contributed by atoms with E-state index in [4.69, 9.17) is 0 Å². The minimum Gasteiger partial charge on any atom is -0.369 e. The Hall–Kier alpha value is -2.93. The van der Waals surface area contributed by atoms with E-state index in [9.17, 15) is 4.79 Å². The molecule has 29 heavy (non-hydrogen) atoms. The minimum atomic E-state index is -0.473. The topological polar surface area (TPSA) is 77.1 Å². The zero-order valence-electron chi connectivity index (χ0n) is 17.5. The number of piperazine rings is 1. The molecule has 0 saturated carbocycles. The van der Waals surface area contributed by atoms with Gasteiger partial charge in [-0.1, -0.05) is 20.8 Å². The number of nitrogens with zero attached hydrogens (tertiary/aromatic N) is 4. The Morgan fingerprint density at radius 1 is 1.10 bits per heavy atom. The number of carbonyl (C=O) groups is 1. The molecule has 152 valence electrons. The molecule has 1 saturated heterocycles. The SMILES string of the molecule is CN1CCN(c2ccc(Nc3cnc4[nH]cc(C(=O)C(C)(C)C)c4n3)cc2)CC1. The number of benzene rings is 1. The second kappa shape index (κ2) is 7.48. The van der Waals surface area contributed by atoms with E-state index >= 15 is 0 Å². The van der Waals surface area contributed by atoms with Gasteiger partial charge in [-0.25, -0.2) is 9.97 Å². The number of fused-ring (bicyclic) bond motifs is 1. The fraction of sp³-hybridized carbons (Fsp3) is 0.409. The van der Waals surface area contributed by atoms with Gasteiger partial charge in [-0.2, -0.15) is 0 Å². The van der Waals surface area contributed by atoms with Gasteiger partial charge in [0, 0.05) is 49.2 Å². The molecular weight excluding hydrogens is 364 g/mol. The fourth-order valence-electron chi connectivity index (χ4n) is 3.50. The van der Waals surface area contributed by atoms with Crippen LogP contribution in [0.25, 0.3) is 11.2 Å². The zero-order valence-corrected chi connectivity index (χ0v) is 17.5. The Morgan fingerprint density at radius 3 is 2.45 bits per heavy atom. The van der Waals surface area contributed by atoms with Gasteiger partial charge in [-0.15, -0.1) is 0 Å². The highest BCUT2D eigenvalue weighted by Gasteiger charge is 2.26. The van der Waals surface area contributed by atoms with E-state index in [1.807, 2.05) is 20.8 Å². The summed E-state index contributed by atoms with van der Waals surface area (Å²) >= 11 is 0. The molecule has 0 unspecified atom stereocenters. The van der Waals surface area contributed by atoms with E-state index in [1.54, 1.807) is 12.4 Å². The standard InChI is InChI=1S/C22H28N6O/c1-22(2,3)20(29)17-13-23-21-19(17)26-18(14-24-21)25-15-5-7-16(8-6-15)28-11-9-27(4)10-12-28/h5-8,13-14H,9-12H2,1-4H3,(H,23,24)(H,25,26). The van der Waals surface area contributed by atoms with Crippen LogP contribution in [-0.2, 0) is 0 Å².